The molecular weight excluding hydrogens is 280 g/mol. The van der Waals surface area contributed by atoms with Gasteiger partial charge in [-0.2, -0.15) is 0 Å². The van der Waals surface area contributed by atoms with Gasteiger partial charge in [-0.1, -0.05) is 0 Å². The van der Waals surface area contributed by atoms with Crippen LogP contribution in [0.4, 0.5) is 11.4 Å². The number of hydrogen-bond acceptors (Lipinski definition) is 5. The second-order valence-electron chi connectivity index (χ2n) is 4.03. The van der Waals surface area contributed by atoms with Gasteiger partial charge in [-0.15, -0.1) is 11.3 Å². The largest absolute Gasteiger partial charge is 0.495 e. The van der Waals surface area contributed by atoms with Crippen molar-refractivity contribution in [3.8, 4) is 5.75 Å². The first-order valence-corrected chi connectivity index (χ1v) is 6.58. The molecule has 0 atom stereocenters. The summed E-state index contributed by atoms with van der Waals surface area (Å²) in [5, 5.41) is 15.2. The van der Waals surface area contributed by atoms with Gasteiger partial charge in [-0.25, -0.2) is 0 Å². The number of methoxy groups -OCH3 is 1. The van der Waals surface area contributed by atoms with Gasteiger partial charge in [-0.3, -0.25) is 14.9 Å². The lowest BCUT2D eigenvalue weighted by Gasteiger charge is -2.09. The Kier molecular flexibility index (Phi) is 3.99. The van der Waals surface area contributed by atoms with Crippen LogP contribution >= 0.6 is 11.3 Å². The molecule has 20 heavy (non-hydrogen) atoms. The molecule has 1 aromatic heterocycles. The first kappa shape index (κ1) is 14.0. The molecule has 0 fully saturated rings. The lowest BCUT2D eigenvalue weighted by molar-refractivity contribution is -0.384. The topological polar surface area (TPSA) is 81.5 Å². The van der Waals surface area contributed by atoms with E-state index >= 15 is 0 Å². The molecule has 0 unspecified atom stereocenters. The molecule has 1 aromatic carbocycles. The number of hydrogen-bond donors (Lipinski definition) is 1. The van der Waals surface area contributed by atoms with Gasteiger partial charge >= 0.3 is 0 Å². The minimum atomic E-state index is -0.522. The number of anilines is 1. The number of ether oxygens (including phenoxy) is 1. The Labute approximate surface area is 119 Å². The Morgan fingerprint density at radius 2 is 2.15 bits per heavy atom. The van der Waals surface area contributed by atoms with Gasteiger partial charge in [0.25, 0.3) is 11.6 Å². The maximum absolute atomic E-state index is 12.1. The molecule has 1 amide bonds. The van der Waals surface area contributed by atoms with Gasteiger partial charge in [0.05, 0.1) is 22.6 Å². The van der Waals surface area contributed by atoms with Crippen molar-refractivity contribution in [3.63, 3.8) is 0 Å². The van der Waals surface area contributed by atoms with Crippen LogP contribution in [0.25, 0.3) is 0 Å². The van der Waals surface area contributed by atoms with Crippen molar-refractivity contribution in [1.82, 2.24) is 0 Å². The van der Waals surface area contributed by atoms with Crippen molar-refractivity contribution < 1.29 is 14.5 Å². The fraction of sp³-hybridized carbons (Fsp3) is 0.154. The number of carbonyl (C=O) groups is 1. The fourth-order valence-electron chi connectivity index (χ4n) is 1.69. The molecule has 0 aliphatic heterocycles. The molecule has 1 N–H and O–H groups in total. The summed E-state index contributed by atoms with van der Waals surface area (Å²) in [5.74, 6) is 0.0643. The molecule has 0 aliphatic carbocycles. The van der Waals surface area contributed by atoms with Crippen molar-refractivity contribution in [3.05, 3.63) is 50.2 Å². The number of non-ortho nitro benzene ring substituents is 1. The van der Waals surface area contributed by atoms with Gasteiger partial charge in [0.15, 0.2) is 0 Å². The summed E-state index contributed by atoms with van der Waals surface area (Å²) in [6, 6.07) is 5.89. The van der Waals surface area contributed by atoms with Gasteiger partial charge < -0.3 is 10.1 Å². The summed E-state index contributed by atoms with van der Waals surface area (Å²) in [7, 11) is 1.44. The predicted octanol–water partition coefficient (Wildman–Crippen LogP) is 3.23. The molecule has 2 rings (SSSR count). The maximum atomic E-state index is 12.1. The molecule has 6 nitrogen and oxygen atoms in total. The van der Waals surface area contributed by atoms with Crippen molar-refractivity contribution in [2.45, 2.75) is 6.92 Å². The third-order valence-electron chi connectivity index (χ3n) is 2.71. The second kappa shape index (κ2) is 5.70. The quantitative estimate of drug-likeness (QED) is 0.693. The maximum Gasteiger partial charge on any atom is 0.271 e. The van der Waals surface area contributed by atoms with Gasteiger partial charge in [-0.05, 0) is 30.0 Å². The van der Waals surface area contributed by atoms with Crippen molar-refractivity contribution in [1.29, 1.82) is 0 Å². The Bertz CT molecular complexity index is 666. The number of rotatable bonds is 4. The smallest absolute Gasteiger partial charge is 0.271 e. The summed E-state index contributed by atoms with van der Waals surface area (Å²) in [5.41, 5.74) is 1.03. The highest BCUT2D eigenvalue weighted by Gasteiger charge is 2.16. The SMILES string of the molecule is COc1ccc([N+](=O)[O-])cc1NC(=O)c1sccc1C. The van der Waals surface area contributed by atoms with Crippen LogP contribution in [0.2, 0.25) is 0 Å². The van der Waals surface area contributed by atoms with Gasteiger partial charge in [0, 0.05) is 12.1 Å². The van der Waals surface area contributed by atoms with E-state index in [0.29, 0.717) is 10.6 Å². The number of nitrogens with one attached hydrogen (secondary N) is 1. The third kappa shape index (κ3) is 2.77. The lowest BCUT2D eigenvalue weighted by atomic mass is 10.2. The van der Waals surface area contributed by atoms with E-state index in [4.69, 9.17) is 4.74 Å². The van der Waals surface area contributed by atoms with Crippen LogP contribution < -0.4 is 10.1 Å². The van der Waals surface area contributed by atoms with E-state index in [2.05, 4.69) is 5.32 Å². The van der Waals surface area contributed by atoms with Gasteiger partial charge in [0.2, 0.25) is 0 Å². The number of nitro benzene ring substituents is 1. The zero-order valence-corrected chi connectivity index (χ0v) is 11.7. The van der Waals surface area contributed by atoms with E-state index in [9.17, 15) is 14.9 Å². The molecule has 0 bridgehead atoms. The molecule has 0 radical (unpaired) electrons. The number of amides is 1. The first-order valence-electron chi connectivity index (χ1n) is 5.71. The van der Waals surface area contributed by atoms with Crippen LogP contribution in [0.15, 0.2) is 29.6 Å². The minimum absolute atomic E-state index is 0.107. The summed E-state index contributed by atoms with van der Waals surface area (Å²) in [6.07, 6.45) is 0. The summed E-state index contributed by atoms with van der Waals surface area (Å²) >= 11 is 1.31. The lowest BCUT2D eigenvalue weighted by Crippen LogP contribution is -2.12. The Hall–Kier alpha value is -2.41. The first-order chi connectivity index (χ1) is 9.52. The summed E-state index contributed by atoms with van der Waals surface area (Å²) in [4.78, 5) is 22.9. The monoisotopic (exact) mass is 292 g/mol. The highest BCUT2D eigenvalue weighted by atomic mass is 32.1. The van der Waals surface area contributed by atoms with Crippen LogP contribution in [-0.4, -0.2) is 17.9 Å². The molecule has 0 aliphatic rings. The van der Waals surface area contributed by atoms with Crippen molar-refractivity contribution in [2.24, 2.45) is 0 Å². The average molecular weight is 292 g/mol. The van der Waals surface area contributed by atoms with E-state index in [1.54, 1.807) is 0 Å². The Morgan fingerprint density at radius 1 is 1.40 bits per heavy atom. The van der Waals surface area contributed by atoms with E-state index in [0.717, 1.165) is 5.56 Å². The second-order valence-corrected chi connectivity index (χ2v) is 4.94. The highest BCUT2D eigenvalue weighted by molar-refractivity contribution is 7.12. The molecular formula is C13H12N2O4S. The number of carbonyl (C=O) groups excluding carboxylic acids is 1. The standard InChI is InChI=1S/C13H12N2O4S/c1-8-5-6-20-12(8)13(16)14-10-7-9(15(17)18)3-4-11(10)19-2/h3-7H,1-2H3,(H,14,16). The van der Waals surface area contributed by atoms with E-state index < -0.39 is 4.92 Å². The number of nitro groups is 1. The number of aryl methyl sites for hydroxylation is 1. The molecule has 2 aromatic rings. The minimum Gasteiger partial charge on any atom is -0.495 e. The van der Waals surface area contributed by atoms with Crippen molar-refractivity contribution in [2.75, 3.05) is 12.4 Å². The normalized spacial score (nSPS) is 10.1. The zero-order valence-electron chi connectivity index (χ0n) is 10.9. The van der Waals surface area contributed by atoms with E-state index in [1.165, 1.54) is 36.6 Å². The summed E-state index contributed by atoms with van der Waals surface area (Å²) < 4.78 is 5.09. The van der Waals surface area contributed by atoms with Crippen LogP contribution in [0.3, 0.4) is 0 Å². The fourth-order valence-corrected chi connectivity index (χ4v) is 2.51. The summed E-state index contributed by atoms with van der Waals surface area (Å²) in [6.45, 7) is 1.83. The molecule has 0 saturated heterocycles. The van der Waals surface area contributed by atoms with Crippen molar-refractivity contribution >= 4 is 28.6 Å². The van der Waals surface area contributed by atoms with Crippen LogP contribution in [0.1, 0.15) is 15.2 Å². The van der Waals surface area contributed by atoms with Crippen LogP contribution in [-0.2, 0) is 0 Å². The number of nitrogens with zero attached hydrogens (tertiary/aromatic N) is 1. The molecule has 0 saturated carbocycles. The molecule has 7 heteroatoms. The molecule has 1 heterocycles. The number of benzene rings is 1. The molecule has 104 valence electrons. The number of thiophene rings is 1. The Morgan fingerprint density at radius 3 is 2.70 bits per heavy atom. The van der Waals surface area contributed by atoms with E-state index in [-0.39, 0.29) is 17.3 Å². The third-order valence-corrected chi connectivity index (χ3v) is 3.73. The molecule has 0 spiro atoms. The predicted molar refractivity (Wildman–Crippen MR) is 76.7 cm³/mol. The average Bonchev–Trinajstić information content (AvgIpc) is 2.84. The van der Waals surface area contributed by atoms with E-state index in [1.807, 2.05) is 18.4 Å². The van der Waals surface area contributed by atoms with Gasteiger partial charge in [0.1, 0.15) is 5.75 Å². The highest BCUT2D eigenvalue weighted by Crippen LogP contribution is 2.30. The Balaban J connectivity index is 2.32. The van der Waals surface area contributed by atoms with Crippen LogP contribution in [0.5, 0.6) is 5.75 Å². The zero-order chi connectivity index (χ0) is 14.7. The van der Waals surface area contributed by atoms with Crippen LogP contribution in [0, 0.1) is 17.0 Å².